The van der Waals surface area contributed by atoms with E-state index in [1.807, 2.05) is 0 Å². The summed E-state index contributed by atoms with van der Waals surface area (Å²) in [5.41, 5.74) is 1.40. The fraction of sp³-hybridized carbons (Fsp3) is 0.231. The lowest BCUT2D eigenvalue weighted by molar-refractivity contribution is -0.136. The maximum atomic E-state index is 12.0. The van der Waals surface area contributed by atoms with Crippen LogP contribution in [-0.2, 0) is 27.7 Å². The lowest BCUT2D eigenvalue weighted by atomic mass is 10.2. The maximum absolute atomic E-state index is 12.0. The quantitative estimate of drug-likeness (QED) is 0.692. The van der Waals surface area contributed by atoms with Gasteiger partial charge in [-0.1, -0.05) is 12.1 Å². The number of hydrogen-bond acceptors (Lipinski definition) is 4. The third kappa shape index (κ3) is 4.40. The molecule has 7 nitrogen and oxygen atoms in total. The van der Waals surface area contributed by atoms with Crippen LogP contribution in [0.25, 0.3) is 0 Å². The average molecular weight is 309 g/mol. The first-order valence-electron chi connectivity index (χ1n) is 6.25. The lowest BCUT2D eigenvalue weighted by Gasteiger charge is -2.06. The lowest BCUT2D eigenvalue weighted by Crippen LogP contribution is -2.26. The van der Waals surface area contributed by atoms with Crippen molar-refractivity contribution in [2.24, 2.45) is 0 Å². The van der Waals surface area contributed by atoms with Crippen LogP contribution in [0.1, 0.15) is 11.3 Å². The fourth-order valence-corrected chi connectivity index (χ4v) is 2.82. The van der Waals surface area contributed by atoms with Crippen LogP contribution in [0, 0.1) is 0 Å². The molecular formula is C13H15N3O4S. The predicted molar refractivity (Wildman–Crippen MR) is 75.3 cm³/mol. The minimum atomic E-state index is -3.59. The Morgan fingerprint density at radius 1 is 1.29 bits per heavy atom. The van der Waals surface area contributed by atoms with Crippen molar-refractivity contribution in [1.82, 2.24) is 14.7 Å². The number of carbonyl (C=O) groups is 1. The number of sulfonamides is 1. The number of nitrogens with one attached hydrogen (secondary N) is 2. The number of carboxylic acids is 1. The van der Waals surface area contributed by atoms with Crippen LogP contribution in [0.5, 0.6) is 0 Å². The molecule has 0 saturated heterocycles. The molecule has 1 aromatic carbocycles. The third-order valence-electron chi connectivity index (χ3n) is 2.83. The Morgan fingerprint density at radius 3 is 2.57 bits per heavy atom. The number of benzene rings is 1. The number of aromatic amines is 1. The third-order valence-corrected chi connectivity index (χ3v) is 4.31. The molecule has 0 bridgehead atoms. The van der Waals surface area contributed by atoms with E-state index in [-0.39, 0.29) is 17.9 Å². The Kier molecular flexibility index (Phi) is 4.71. The molecule has 2 rings (SSSR count). The summed E-state index contributed by atoms with van der Waals surface area (Å²) in [7, 11) is -3.59. The first-order valence-corrected chi connectivity index (χ1v) is 7.73. The molecule has 0 saturated carbocycles. The van der Waals surface area contributed by atoms with Gasteiger partial charge in [-0.2, -0.15) is 0 Å². The van der Waals surface area contributed by atoms with E-state index in [9.17, 15) is 13.2 Å². The molecule has 8 heteroatoms. The van der Waals surface area contributed by atoms with Crippen LogP contribution in [-0.4, -0.2) is 36.0 Å². The van der Waals surface area contributed by atoms with Crippen molar-refractivity contribution in [2.45, 2.75) is 17.7 Å². The van der Waals surface area contributed by atoms with Crippen LogP contribution >= 0.6 is 0 Å². The highest BCUT2D eigenvalue weighted by atomic mass is 32.2. The first-order chi connectivity index (χ1) is 9.97. The van der Waals surface area contributed by atoms with Crippen molar-refractivity contribution >= 4 is 16.0 Å². The molecule has 2 aromatic rings. The Morgan fingerprint density at radius 2 is 2.00 bits per heavy atom. The molecule has 0 aliphatic rings. The molecule has 3 N–H and O–H groups in total. The monoisotopic (exact) mass is 309 g/mol. The molecule has 0 spiro atoms. The zero-order valence-corrected chi connectivity index (χ0v) is 11.9. The largest absolute Gasteiger partial charge is 0.481 e. The van der Waals surface area contributed by atoms with Gasteiger partial charge in [0, 0.05) is 24.9 Å². The van der Waals surface area contributed by atoms with Crippen LogP contribution < -0.4 is 4.72 Å². The van der Waals surface area contributed by atoms with Crippen molar-refractivity contribution in [3.8, 4) is 0 Å². The Hall–Kier alpha value is -2.19. The smallest absolute Gasteiger partial charge is 0.307 e. The molecular weight excluding hydrogens is 294 g/mol. The molecule has 21 heavy (non-hydrogen) atoms. The van der Waals surface area contributed by atoms with Gasteiger partial charge in [0.15, 0.2) is 0 Å². The van der Waals surface area contributed by atoms with Crippen molar-refractivity contribution in [1.29, 1.82) is 0 Å². The van der Waals surface area contributed by atoms with Gasteiger partial charge in [0.05, 0.1) is 17.6 Å². The Balaban J connectivity index is 1.96. The van der Waals surface area contributed by atoms with E-state index in [1.165, 1.54) is 30.6 Å². The minimum Gasteiger partial charge on any atom is -0.481 e. The molecule has 0 aliphatic heterocycles. The van der Waals surface area contributed by atoms with E-state index < -0.39 is 16.0 Å². The van der Waals surface area contributed by atoms with Gasteiger partial charge in [0.25, 0.3) is 0 Å². The summed E-state index contributed by atoms with van der Waals surface area (Å²) < 4.78 is 26.6. The molecule has 0 fully saturated rings. The minimum absolute atomic E-state index is 0.112. The van der Waals surface area contributed by atoms with Gasteiger partial charge in [0.1, 0.15) is 0 Å². The van der Waals surface area contributed by atoms with Gasteiger partial charge in [0.2, 0.25) is 10.0 Å². The van der Waals surface area contributed by atoms with E-state index in [0.29, 0.717) is 12.0 Å². The number of carboxylic acid groups (broad SMARTS) is 1. The molecule has 0 amide bonds. The van der Waals surface area contributed by atoms with E-state index in [2.05, 4.69) is 14.7 Å². The highest BCUT2D eigenvalue weighted by Gasteiger charge is 2.13. The van der Waals surface area contributed by atoms with Crippen molar-refractivity contribution in [3.05, 3.63) is 48.0 Å². The van der Waals surface area contributed by atoms with Gasteiger partial charge in [-0.15, -0.1) is 0 Å². The van der Waals surface area contributed by atoms with Crippen LogP contribution in [0.2, 0.25) is 0 Å². The van der Waals surface area contributed by atoms with E-state index in [4.69, 9.17) is 5.11 Å². The number of H-pyrrole nitrogens is 1. The summed E-state index contributed by atoms with van der Waals surface area (Å²) in [4.78, 5) is 17.4. The summed E-state index contributed by atoms with van der Waals surface area (Å²) >= 11 is 0. The summed E-state index contributed by atoms with van der Waals surface area (Å²) in [6.07, 6.45) is 3.55. The zero-order chi connectivity index (χ0) is 15.3. The first kappa shape index (κ1) is 15.2. The fourth-order valence-electron chi connectivity index (χ4n) is 1.79. The molecule has 0 unspecified atom stereocenters. The summed E-state index contributed by atoms with van der Waals surface area (Å²) in [6.45, 7) is 0.251. The predicted octanol–water partition coefficient (Wildman–Crippen LogP) is 0.558. The Labute approximate surface area is 122 Å². The van der Waals surface area contributed by atoms with Crippen molar-refractivity contribution < 1.29 is 18.3 Å². The van der Waals surface area contributed by atoms with E-state index >= 15 is 0 Å². The van der Waals surface area contributed by atoms with Crippen LogP contribution in [0.4, 0.5) is 0 Å². The topological polar surface area (TPSA) is 112 Å². The number of nitrogens with zero attached hydrogens (tertiary/aromatic N) is 1. The van der Waals surface area contributed by atoms with Gasteiger partial charge >= 0.3 is 5.97 Å². The van der Waals surface area contributed by atoms with Gasteiger partial charge in [-0.3, -0.25) is 4.79 Å². The molecule has 0 radical (unpaired) electrons. The summed E-state index contributed by atoms with van der Waals surface area (Å²) in [5, 5.41) is 8.66. The Bertz CT molecular complexity index is 694. The van der Waals surface area contributed by atoms with Crippen molar-refractivity contribution in [2.75, 3.05) is 6.54 Å². The highest BCUT2D eigenvalue weighted by molar-refractivity contribution is 7.89. The van der Waals surface area contributed by atoms with Gasteiger partial charge < -0.3 is 10.1 Å². The van der Waals surface area contributed by atoms with Crippen molar-refractivity contribution in [3.63, 3.8) is 0 Å². The second-order valence-electron chi connectivity index (χ2n) is 4.44. The number of aliphatic carboxylic acids is 1. The van der Waals surface area contributed by atoms with Gasteiger partial charge in [-0.25, -0.2) is 18.1 Å². The zero-order valence-electron chi connectivity index (χ0n) is 11.1. The number of aromatic nitrogens is 2. The van der Waals surface area contributed by atoms with Crippen LogP contribution in [0.3, 0.4) is 0 Å². The number of hydrogen-bond donors (Lipinski definition) is 3. The second kappa shape index (κ2) is 6.51. The van der Waals surface area contributed by atoms with E-state index in [0.717, 1.165) is 5.69 Å². The SMILES string of the molecule is O=C(O)Cc1ccc(S(=O)(=O)NCCc2cnc[nH]2)cc1. The maximum Gasteiger partial charge on any atom is 0.307 e. The average Bonchev–Trinajstić information content (AvgIpc) is 2.91. The number of imidazole rings is 1. The standard InChI is InChI=1S/C13H15N3O4S/c17-13(18)7-10-1-3-12(4-2-10)21(19,20)16-6-5-11-8-14-9-15-11/h1-4,8-9,16H,5-7H2,(H,14,15)(H,17,18). The second-order valence-corrected chi connectivity index (χ2v) is 6.21. The molecule has 0 aliphatic carbocycles. The van der Waals surface area contributed by atoms with Crippen LogP contribution in [0.15, 0.2) is 41.7 Å². The summed E-state index contributed by atoms with van der Waals surface area (Å²) in [6, 6.07) is 5.79. The molecule has 0 atom stereocenters. The number of rotatable bonds is 7. The van der Waals surface area contributed by atoms with E-state index in [1.54, 1.807) is 6.20 Å². The molecule has 1 heterocycles. The highest BCUT2D eigenvalue weighted by Crippen LogP contribution is 2.11. The summed E-state index contributed by atoms with van der Waals surface area (Å²) in [5.74, 6) is -0.955. The normalized spacial score (nSPS) is 11.4. The molecule has 112 valence electrons. The molecule has 1 aromatic heterocycles. The van der Waals surface area contributed by atoms with Gasteiger partial charge in [-0.05, 0) is 17.7 Å².